The molecule has 0 amide bonds. The lowest BCUT2D eigenvalue weighted by Crippen LogP contribution is -2.27. The van der Waals surface area contributed by atoms with Crippen molar-refractivity contribution in [2.75, 3.05) is 20.3 Å². The summed E-state index contributed by atoms with van der Waals surface area (Å²) in [4.78, 5) is 11.5. The molecule has 0 aliphatic carbocycles. The van der Waals surface area contributed by atoms with Crippen molar-refractivity contribution in [2.45, 2.75) is 27.3 Å². The van der Waals surface area contributed by atoms with Crippen molar-refractivity contribution in [2.24, 2.45) is 5.41 Å². The Kier molecular flexibility index (Phi) is 5.83. The minimum Gasteiger partial charge on any atom is -0.496 e. The SMILES string of the molecule is COc1ccccc1CNCCOC(=O)C(C)(C)C. The Bertz CT molecular complexity index is 410. The van der Waals surface area contributed by atoms with Crippen LogP contribution in [0.2, 0.25) is 0 Å². The Labute approximate surface area is 115 Å². The van der Waals surface area contributed by atoms with Crippen LogP contribution in [-0.2, 0) is 16.1 Å². The second kappa shape index (κ2) is 7.14. The maximum atomic E-state index is 11.5. The van der Waals surface area contributed by atoms with Crippen molar-refractivity contribution in [3.05, 3.63) is 29.8 Å². The molecule has 19 heavy (non-hydrogen) atoms. The summed E-state index contributed by atoms with van der Waals surface area (Å²) in [6.45, 7) is 7.23. The number of benzene rings is 1. The van der Waals surface area contributed by atoms with Crippen LogP contribution >= 0.6 is 0 Å². The topological polar surface area (TPSA) is 47.6 Å². The fourth-order valence-corrected chi connectivity index (χ4v) is 1.50. The Morgan fingerprint density at radius 2 is 1.95 bits per heavy atom. The van der Waals surface area contributed by atoms with Crippen molar-refractivity contribution in [1.82, 2.24) is 5.32 Å². The third kappa shape index (κ3) is 5.30. The summed E-state index contributed by atoms with van der Waals surface area (Å²) in [5, 5.41) is 3.23. The van der Waals surface area contributed by atoms with E-state index in [0.29, 0.717) is 19.7 Å². The molecule has 4 nitrogen and oxygen atoms in total. The van der Waals surface area contributed by atoms with Crippen LogP contribution in [0, 0.1) is 5.41 Å². The number of methoxy groups -OCH3 is 1. The number of esters is 1. The van der Waals surface area contributed by atoms with Crippen LogP contribution in [0.25, 0.3) is 0 Å². The van der Waals surface area contributed by atoms with Crippen LogP contribution in [0.15, 0.2) is 24.3 Å². The van der Waals surface area contributed by atoms with E-state index in [1.54, 1.807) is 7.11 Å². The fraction of sp³-hybridized carbons (Fsp3) is 0.533. The summed E-state index contributed by atoms with van der Waals surface area (Å²) in [6.07, 6.45) is 0. The second-order valence-corrected chi connectivity index (χ2v) is 5.37. The molecule has 0 saturated carbocycles. The van der Waals surface area contributed by atoms with E-state index in [-0.39, 0.29) is 5.97 Å². The normalized spacial score (nSPS) is 11.2. The number of hydrogen-bond donors (Lipinski definition) is 1. The molecule has 106 valence electrons. The van der Waals surface area contributed by atoms with Gasteiger partial charge in [0.1, 0.15) is 12.4 Å². The molecular weight excluding hydrogens is 242 g/mol. The van der Waals surface area contributed by atoms with Gasteiger partial charge in [0.25, 0.3) is 0 Å². The second-order valence-electron chi connectivity index (χ2n) is 5.37. The number of hydrogen-bond acceptors (Lipinski definition) is 4. The molecule has 0 heterocycles. The number of rotatable bonds is 6. The average Bonchev–Trinajstić information content (AvgIpc) is 2.37. The summed E-state index contributed by atoms with van der Waals surface area (Å²) >= 11 is 0. The Morgan fingerprint density at radius 1 is 1.26 bits per heavy atom. The van der Waals surface area contributed by atoms with Gasteiger partial charge in [-0.25, -0.2) is 0 Å². The van der Waals surface area contributed by atoms with Gasteiger partial charge < -0.3 is 14.8 Å². The number of nitrogens with one attached hydrogen (secondary N) is 1. The van der Waals surface area contributed by atoms with Crippen molar-refractivity contribution >= 4 is 5.97 Å². The summed E-state index contributed by atoms with van der Waals surface area (Å²) in [5.41, 5.74) is 0.648. The van der Waals surface area contributed by atoms with Gasteiger partial charge in [-0.2, -0.15) is 0 Å². The van der Waals surface area contributed by atoms with Crippen LogP contribution in [0.3, 0.4) is 0 Å². The zero-order valence-electron chi connectivity index (χ0n) is 12.2. The zero-order chi connectivity index (χ0) is 14.3. The lowest BCUT2D eigenvalue weighted by atomic mass is 9.97. The molecule has 0 aromatic heterocycles. The maximum absolute atomic E-state index is 11.5. The Balaban J connectivity index is 2.26. The number of para-hydroxylation sites is 1. The molecule has 1 rings (SSSR count). The van der Waals surface area contributed by atoms with Gasteiger partial charge in [-0.3, -0.25) is 4.79 Å². The van der Waals surface area contributed by atoms with Gasteiger partial charge in [-0.1, -0.05) is 18.2 Å². The predicted molar refractivity (Wildman–Crippen MR) is 75.1 cm³/mol. The van der Waals surface area contributed by atoms with Gasteiger partial charge in [0, 0.05) is 18.7 Å². The van der Waals surface area contributed by atoms with Crippen molar-refractivity contribution in [1.29, 1.82) is 0 Å². The molecule has 0 atom stereocenters. The third-order valence-electron chi connectivity index (χ3n) is 2.63. The monoisotopic (exact) mass is 265 g/mol. The van der Waals surface area contributed by atoms with Crippen molar-refractivity contribution in [3.63, 3.8) is 0 Å². The zero-order valence-corrected chi connectivity index (χ0v) is 12.2. The van der Waals surface area contributed by atoms with Crippen LogP contribution in [0.1, 0.15) is 26.3 Å². The number of carbonyl (C=O) groups excluding carboxylic acids is 1. The van der Waals surface area contributed by atoms with Crippen LogP contribution in [0.4, 0.5) is 0 Å². The molecule has 0 radical (unpaired) electrons. The molecule has 0 saturated heterocycles. The molecule has 4 heteroatoms. The lowest BCUT2D eigenvalue weighted by molar-refractivity contribution is -0.152. The number of carbonyl (C=O) groups is 1. The van der Waals surface area contributed by atoms with Gasteiger partial charge >= 0.3 is 5.97 Å². The summed E-state index contributed by atoms with van der Waals surface area (Å²) < 4.78 is 10.4. The Morgan fingerprint density at radius 3 is 2.58 bits per heavy atom. The first-order valence-electron chi connectivity index (χ1n) is 6.45. The molecule has 0 aliphatic rings. The molecule has 0 bridgehead atoms. The first kappa shape index (κ1) is 15.5. The van der Waals surface area contributed by atoms with E-state index < -0.39 is 5.41 Å². The molecular formula is C15H23NO3. The summed E-state index contributed by atoms with van der Waals surface area (Å²) in [7, 11) is 1.66. The lowest BCUT2D eigenvalue weighted by Gasteiger charge is -2.16. The van der Waals surface area contributed by atoms with Crippen LogP contribution < -0.4 is 10.1 Å². The molecule has 1 N–H and O–H groups in total. The largest absolute Gasteiger partial charge is 0.496 e. The van der Waals surface area contributed by atoms with E-state index in [0.717, 1.165) is 11.3 Å². The van der Waals surface area contributed by atoms with Gasteiger partial charge in [-0.15, -0.1) is 0 Å². The summed E-state index contributed by atoms with van der Waals surface area (Å²) in [6, 6.07) is 7.84. The molecule has 0 unspecified atom stereocenters. The molecule has 0 aliphatic heterocycles. The average molecular weight is 265 g/mol. The third-order valence-corrected chi connectivity index (χ3v) is 2.63. The highest BCUT2D eigenvalue weighted by atomic mass is 16.5. The van der Waals surface area contributed by atoms with Crippen molar-refractivity contribution < 1.29 is 14.3 Å². The molecule has 1 aromatic rings. The highest BCUT2D eigenvalue weighted by molar-refractivity contribution is 5.75. The number of ether oxygens (including phenoxy) is 2. The predicted octanol–water partition coefficient (Wildman–Crippen LogP) is 2.37. The maximum Gasteiger partial charge on any atom is 0.311 e. The van der Waals surface area contributed by atoms with Gasteiger partial charge in [0.2, 0.25) is 0 Å². The standard InChI is InChI=1S/C15H23NO3/c1-15(2,3)14(17)19-10-9-16-11-12-7-5-6-8-13(12)18-4/h5-8,16H,9-11H2,1-4H3. The van der Waals surface area contributed by atoms with E-state index in [2.05, 4.69) is 5.32 Å². The van der Waals surface area contributed by atoms with Crippen LogP contribution in [0.5, 0.6) is 5.75 Å². The fourth-order valence-electron chi connectivity index (χ4n) is 1.50. The van der Waals surface area contributed by atoms with Crippen molar-refractivity contribution in [3.8, 4) is 5.75 Å². The van der Waals surface area contributed by atoms with E-state index in [1.165, 1.54) is 0 Å². The quantitative estimate of drug-likeness (QED) is 0.633. The minimum atomic E-state index is -0.442. The van der Waals surface area contributed by atoms with Gasteiger partial charge in [-0.05, 0) is 26.8 Å². The minimum absolute atomic E-state index is 0.174. The van der Waals surface area contributed by atoms with Crippen LogP contribution in [-0.4, -0.2) is 26.2 Å². The smallest absolute Gasteiger partial charge is 0.311 e. The molecule has 1 aromatic carbocycles. The molecule has 0 spiro atoms. The van der Waals surface area contributed by atoms with E-state index >= 15 is 0 Å². The van der Waals surface area contributed by atoms with E-state index in [1.807, 2.05) is 45.0 Å². The van der Waals surface area contributed by atoms with Gasteiger partial charge in [0.05, 0.1) is 12.5 Å². The molecule has 0 fully saturated rings. The highest BCUT2D eigenvalue weighted by Crippen LogP contribution is 2.16. The first-order valence-corrected chi connectivity index (χ1v) is 6.45. The van der Waals surface area contributed by atoms with E-state index in [9.17, 15) is 4.79 Å². The van der Waals surface area contributed by atoms with Gasteiger partial charge in [0.15, 0.2) is 0 Å². The first-order chi connectivity index (χ1) is 8.95. The Hall–Kier alpha value is -1.55. The van der Waals surface area contributed by atoms with E-state index in [4.69, 9.17) is 9.47 Å². The highest BCUT2D eigenvalue weighted by Gasteiger charge is 2.22. The summed E-state index contributed by atoms with van der Waals surface area (Å²) in [5.74, 6) is 0.688.